The van der Waals surface area contributed by atoms with Crippen LogP contribution in [-0.4, -0.2) is 4.98 Å². The van der Waals surface area contributed by atoms with Gasteiger partial charge < -0.3 is 0 Å². The lowest BCUT2D eigenvalue weighted by atomic mass is 10.4. The SMILES string of the molecule is N=S(c1ccccc1)c1ccccn1. The van der Waals surface area contributed by atoms with Crippen LogP contribution in [0.3, 0.4) is 0 Å². The predicted molar refractivity (Wildman–Crippen MR) is 57.3 cm³/mol. The van der Waals surface area contributed by atoms with Crippen LogP contribution in [0.2, 0.25) is 0 Å². The number of hydrogen-bond acceptors (Lipinski definition) is 2. The van der Waals surface area contributed by atoms with Gasteiger partial charge in [0.15, 0.2) is 0 Å². The van der Waals surface area contributed by atoms with Crippen LogP contribution in [0.25, 0.3) is 0 Å². The minimum absolute atomic E-state index is 0.658. The zero-order chi connectivity index (χ0) is 9.80. The number of aromatic nitrogens is 1. The van der Waals surface area contributed by atoms with E-state index in [-0.39, 0.29) is 0 Å². The molecule has 0 fully saturated rings. The van der Waals surface area contributed by atoms with E-state index in [0.717, 1.165) is 9.92 Å². The van der Waals surface area contributed by atoms with Crippen molar-refractivity contribution >= 4 is 10.7 Å². The van der Waals surface area contributed by atoms with Gasteiger partial charge in [0.05, 0.1) is 0 Å². The third kappa shape index (κ3) is 1.88. The number of nitrogens with one attached hydrogen (secondary N) is 1. The van der Waals surface area contributed by atoms with Gasteiger partial charge in [-0.15, -0.1) is 0 Å². The molecule has 0 bridgehead atoms. The highest BCUT2D eigenvalue weighted by Crippen LogP contribution is 2.13. The van der Waals surface area contributed by atoms with Crippen LogP contribution in [0, 0.1) is 4.78 Å². The van der Waals surface area contributed by atoms with Crippen molar-refractivity contribution in [2.75, 3.05) is 0 Å². The van der Waals surface area contributed by atoms with Gasteiger partial charge >= 0.3 is 0 Å². The molecule has 0 aliphatic heterocycles. The van der Waals surface area contributed by atoms with Crippen LogP contribution in [-0.2, 0) is 10.7 Å². The van der Waals surface area contributed by atoms with Crippen molar-refractivity contribution in [3.8, 4) is 0 Å². The summed E-state index contributed by atoms with van der Waals surface area (Å²) in [5.41, 5.74) is 0. The lowest BCUT2D eigenvalue weighted by Gasteiger charge is -2.03. The zero-order valence-corrected chi connectivity index (χ0v) is 8.37. The van der Waals surface area contributed by atoms with Gasteiger partial charge in [0.2, 0.25) is 0 Å². The molecule has 2 aromatic rings. The van der Waals surface area contributed by atoms with E-state index < -0.39 is 10.7 Å². The van der Waals surface area contributed by atoms with E-state index in [1.165, 1.54) is 0 Å². The first-order valence-electron chi connectivity index (χ1n) is 4.29. The number of rotatable bonds is 2. The summed E-state index contributed by atoms with van der Waals surface area (Å²) in [4.78, 5) is 5.19. The van der Waals surface area contributed by atoms with E-state index in [1.807, 2.05) is 48.5 Å². The molecule has 1 aromatic heterocycles. The van der Waals surface area contributed by atoms with Crippen molar-refractivity contribution in [3.05, 3.63) is 54.7 Å². The van der Waals surface area contributed by atoms with Crippen LogP contribution < -0.4 is 0 Å². The molecule has 1 heterocycles. The van der Waals surface area contributed by atoms with E-state index in [2.05, 4.69) is 4.98 Å². The Hall–Kier alpha value is -1.48. The van der Waals surface area contributed by atoms with Gasteiger partial charge in [-0.1, -0.05) is 24.3 Å². The first-order chi connectivity index (χ1) is 6.88. The first-order valence-corrected chi connectivity index (χ1v) is 5.52. The molecule has 0 aliphatic rings. The predicted octanol–water partition coefficient (Wildman–Crippen LogP) is 2.88. The van der Waals surface area contributed by atoms with Crippen molar-refractivity contribution in [2.45, 2.75) is 9.92 Å². The number of benzene rings is 1. The Morgan fingerprint density at radius 2 is 1.64 bits per heavy atom. The third-order valence-electron chi connectivity index (χ3n) is 1.83. The maximum Gasteiger partial charge on any atom is 0.111 e. The van der Waals surface area contributed by atoms with Crippen LogP contribution >= 0.6 is 0 Å². The normalized spacial score (nSPS) is 12.3. The van der Waals surface area contributed by atoms with Crippen molar-refractivity contribution in [1.29, 1.82) is 4.78 Å². The van der Waals surface area contributed by atoms with E-state index in [1.54, 1.807) is 6.20 Å². The Labute approximate surface area is 85.5 Å². The topological polar surface area (TPSA) is 36.7 Å². The van der Waals surface area contributed by atoms with E-state index in [9.17, 15) is 0 Å². The van der Waals surface area contributed by atoms with Crippen LogP contribution in [0.1, 0.15) is 0 Å². The summed E-state index contributed by atoms with van der Waals surface area (Å²) < 4.78 is 8.02. The quantitative estimate of drug-likeness (QED) is 0.798. The highest BCUT2D eigenvalue weighted by Gasteiger charge is 2.01. The maximum absolute atomic E-state index is 8.02. The minimum Gasteiger partial charge on any atom is -0.269 e. The summed E-state index contributed by atoms with van der Waals surface area (Å²) in [5.74, 6) is 0. The second-order valence-corrected chi connectivity index (χ2v) is 4.29. The average Bonchev–Trinajstić information content (AvgIpc) is 2.30. The van der Waals surface area contributed by atoms with Gasteiger partial charge in [-0.25, -0.2) is 4.98 Å². The highest BCUT2D eigenvalue weighted by atomic mass is 32.2. The lowest BCUT2D eigenvalue weighted by Crippen LogP contribution is -1.92. The van der Waals surface area contributed by atoms with Gasteiger partial charge in [-0.3, -0.25) is 4.78 Å². The Kier molecular flexibility index (Phi) is 2.70. The number of hydrogen-bond donors (Lipinski definition) is 1. The van der Waals surface area contributed by atoms with Crippen LogP contribution in [0.4, 0.5) is 0 Å². The third-order valence-corrected chi connectivity index (χ3v) is 3.23. The monoisotopic (exact) mass is 202 g/mol. The number of pyridine rings is 1. The second-order valence-electron chi connectivity index (χ2n) is 2.79. The minimum atomic E-state index is -0.658. The molecule has 0 saturated carbocycles. The van der Waals surface area contributed by atoms with Gasteiger partial charge in [-0.05, 0) is 35.0 Å². The molecule has 1 atom stereocenters. The summed E-state index contributed by atoms with van der Waals surface area (Å²) in [6, 6.07) is 15.5. The Balaban J connectivity index is 2.35. The van der Waals surface area contributed by atoms with Crippen molar-refractivity contribution in [3.63, 3.8) is 0 Å². The molecule has 0 radical (unpaired) electrons. The fourth-order valence-corrected chi connectivity index (χ4v) is 2.20. The van der Waals surface area contributed by atoms with Gasteiger partial charge in [0.1, 0.15) is 5.03 Å². The van der Waals surface area contributed by atoms with Gasteiger partial charge in [0, 0.05) is 11.1 Å². The second kappa shape index (κ2) is 4.15. The molecule has 0 spiro atoms. The van der Waals surface area contributed by atoms with E-state index in [0.29, 0.717) is 0 Å². The summed E-state index contributed by atoms with van der Waals surface area (Å²) in [7, 11) is -0.658. The molecular formula is C11H10N2S. The summed E-state index contributed by atoms with van der Waals surface area (Å²) in [5, 5.41) is 0.818. The highest BCUT2D eigenvalue weighted by molar-refractivity contribution is 7.86. The molecule has 1 N–H and O–H groups in total. The molecule has 3 heteroatoms. The molecule has 1 unspecified atom stereocenters. The fourth-order valence-electron chi connectivity index (χ4n) is 1.15. The molecule has 14 heavy (non-hydrogen) atoms. The summed E-state index contributed by atoms with van der Waals surface area (Å²) in [6.07, 6.45) is 1.73. The first kappa shape index (κ1) is 9.09. The van der Waals surface area contributed by atoms with Crippen LogP contribution in [0.15, 0.2) is 64.6 Å². The number of nitrogens with zero attached hydrogens (tertiary/aromatic N) is 1. The van der Waals surface area contributed by atoms with Crippen molar-refractivity contribution < 1.29 is 0 Å². The molecule has 1 aromatic carbocycles. The Bertz CT molecular complexity index is 384. The standard InChI is InChI=1S/C11H10N2S/c12-14(10-6-2-1-3-7-10)11-8-4-5-9-13-11/h1-9,12H. The van der Waals surface area contributed by atoms with Gasteiger partial charge in [0.25, 0.3) is 0 Å². The lowest BCUT2D eigenvalue weighted by molar-refractivity contribution is 1.12. The van der Waals surface area contributed by atoms with E-state index >= 15 is 0 Å². The zero-order valence-electron chi connectivity index (χ0n) is 7.55. The molecule has 0 saturated heterocycles. The van der Waals surface area contributed by atoms with Crippen LogP contribution in [0.5, 0.6) is 0 Å². The average molecular weight is 202 g/mol. The molecule has 2 rings (SSSR count). The van der Waals surface area contributed by atoms with Gasteiger partial charge in [-0.2, -0.15) is 0 Å². The molecule has 70 valence electrons. The molecule has 0 aliphatic carbocycles. The van der Waals surface area contributed by atoms with Crippen molar-refractivity contribution in [2.24, 2.45) is 0 Å². The fraction of sp³-hybridized carbons (Fsp3) is 0. The molecule has 2 nitrogen and oxygen atoms in total. The smallest absolute Gasteiger partial charge is 0.111 e. The molecular weight excluding hydrogens is 192 g/mol. The maximum atomic E-state index is 8.02. The van der Waals surface area contributed by atoms with E-state index in [4.69, 9.17) is 4.78 Å². The summed E-state index contributed by atoms with van der Waals surface area (Å²) in [6.45, 7) is 0. The summed E-state index contributed by atoms with van der Waals surface area (Å²) >= 11 is 0. The van der Waals surface area contributed by atoms with Crippen molar-refractivity contribution in [1.82, 2.24) is 4.98 Å². The molecule has 0 amide bonds. The Morgan fingerprint density at radius 1 is 0.929 bits per heavy atom. The largest absolute Gasteiger partial charge is 0.269 e. The Morgan fingerprint density at radius 3 is 2.29 bits per heavy atom.